The second-order valence-electron chi connectivity index (χ2n) is 6.11. The molecule has 4 rings (SSSR count). The van der Waals surface area contributed by atoms with E-state index in [0.29, 0.717) is 17.4 Å². The molecule has 27 heavy (non-hydrogen) atoms. The third-order valence-corrected chi connectivity index (χ3v) is 5.14. The van der Waals surface area contributed by atoms with Crippen LogP contribution in [0.1, 0.15) is 13.3 Å². The summed E-state index contributed by atoms with van der Waals surface area (Å²) in [6.45, 7) is 2.56. The molecule has 0 fully saturated rings. The Kier molecular flexibility index (Phi) is 4.72. The van der Waals surface area contributed by atoms with E-state index in [9.17, 15) is 9.59 Å². The Morgan fingerprint density at radius 2 is 2.04 bits per heavy atom. The topological polar surface area (TPSA) is 92.9 Å². The molecular formula is C19H18N4O3S. The quantitative estimate of drug-likeness (QED) is 0.497. The number of hydrogen-bond acceptors (Lipinski definition) is 5. The van der Waals surface area contributed by atoms with Gasteiger partial charge in [0.15, 0.2) is 5.16 Å². The fourth-order valence-corrected chi connectivity index (χ4v) is 3.74. The Hall–Kier alpha value is -3.00. The van der Waals surface area contributed by atoms with Gasteiger partial charge in [0.2, 0.25) is 5.91 Å². The molecule has 0 aliphatic carbocycles. The fraction of sp³-hybridized carbons (Fsp3) is 0.211. The first-order chi connectivity index (χ1) is 13.2. The largest absolute Gasteiger partial charge is 0.456 e. The van der Waals surface area contributed by atoms with E-state index in [1.165, 1.54) is 11.8 Å². The van der Waals surface area contributed by atoms with Crippen LogP contribution in [0, 0.1) is 0 Å². The number of nitrogens with zero attached hydrogens (tertiary/aromatic N) is 2. The van der Waals surface area contributed by atoms with Crippen molar-refractivity contribution in [1.82, 2.24) is 14.8 Å². The molecule has 0 atom stereocenters. The lowest BCUT2D eigenvalue weighted by Crippen LogP contribution is -2.18. The van der Waals surface area contributed by atoms with Gasteiger partial charge < -0.3 is 9.73 Å². The van der Waals surface area contributed by atoms with E-state index in [2.05, 4.69) is 15.5 Å². The molecule has 2 N–H and O–H groups in total. The molecule has 0 radical (unpaired) electrons. The standard InChI is InChI=1S/C19H18N4O3S/c1-2-9-23-18(25)21-22-19(23)27-11-17(24)20-12-7-8-16-14(10-12)13-5-3-4-6-15(13)26-16/h3-8,10H,2,9,11H2,1H3,(H,20,24)(H,21,25). The first-order valence-electron chi connectivity index (χ1n) is 8.65. The van der Waals surface area contributed by atoms with Gasteiger partial charge in [0.1, 0.15) is 11.2 Å². The summed E-state index contributed by atoms with van der Waals surface area (Å²) in [4.78, 5) is 24.0. The predicted molar refractivity (Wildman–Crippen MR) is 106 cm³/mol. The molecule has 2 aromatic carbocycles. The average molecular weight is 382 g/mol. The monoisotopic (exact) mass is 382 g/mol. The predicted octanol–water partition coefficient (Wildman–Crippen LogP) is 3.61. The zero-order chi connectivity index (χ0) is 18.8. The van der Waals surface area contributed by atoms with Gasteiger partial charge in [-0.3, -0.25) is 9.36 Å². The highest BCUT2D eigenvalue weighted by Crippen LogP contribution is 2.30. The maximum Gasteiger partial charge on any atom is 0.343 e. The molecule has 4 aromatic rings. The van der Waals surface area contributed by atoms with Gasteiger partial charge in [0.25, 0.3) is 0 Å². The van der Waals surface area contributed by atoms with Crippen LogP contribution in [-0.2, 0) is 11.3 Å². The summed E-state index contributed by atoms with van der Waals surface area (Å²) in [5.74, 6) is 0.00342. The van der Waals surface area contributed by atoms with Crippen LogP contribution in [0.2, 0.25) is 0 Å². The van der Waals surface area contributed by atoms with Gasteiger partial charge in [-0.2, -0.15) is 0 Å². The number of carbonyl (C=O) groups is 1. The molecule has 0 spiro atoms. The molecular weight excluding hydrogens is 364 g/mol. The summed E-state index contributed by atoms with van der Waals surface area (Å²) in [6.07, 6.45) is 0.817. The number of hydrogen-bond donors (Lipinski definition) is 2. The SMILES string of the molecule is CCCn1c(SCC(=O)Nc2ccc3oc4ccccc4c3c2)n[nH]c1=O. The number of furan rings is 1. The molecule has 8 heteroatoms. The van der Waals surface area contributed by atoms with Crippen molar-refractivity contribution in [3.05, 3.63) is 52.9 Å². The summed E-state index contributed by atoms with van der Waals surface area (Å²) in [6, 6.07) is 13.4. The highest BCUT2D eigenvalue weighted by Gasteiger charge is 2.12. The number of carbonyl (C=O) groups excluding carboxylic acids is 1. The number of anilines is 1. The lowest BCUT2D eigenvalue weighted by atomic mass is 10.1. The van der Waals surface area contributed by atoms with E-state index in [4.69, 9.17) is 4.42 Å². The lowest BCUT2D eigenvalue weighted by Gasteiger charge is -2.06. The Labute approximate surface area is 158 Å². The maximum absolute atomic E-state index is 12.3. The average Bonchev–Trinajstić information content (AvgIpc) is 3.21. The van der Waals surface area contributed by atoms with Crippen molar-refractivity contribution in [1.29, 1.82) is 0 Å². The Morgan fingerprint density at radius 1 is 1.22 bits per heavy atom. The van der Waals surface area contributed by atoms with E-state index < -0.39 is 0 Å². The van der Waals surface area contributed by atoms with Crippen LogP contribution in [-0.4, -0.2) is 26.4 Å². The molecule has 0 unspecified atom stereocenters. The summed E-state index contributed by atoms with van der Waals surface area (Å²) in [5.41, 5.74) is 2.05. The van der Waals surface area contributed by atoms with Gasteiger partial charge in [-0.05, 0) is 30.7 Å². The minimum atomic E-state index is -0.253. The van der Waals surface area contributed by atoms with Gasteiger partial charge in [0, 0.05) is 23.0 Å². The van der Waals surface area contributed by atoms with Crippen LogP contribution >= 0.6 is 11.8 Å². The number of H-pyrrole nitrogens is 1. The van der Waals surface area contributed by atoms with Crippen molar-refractivity contribution in [2.75, 3.05) is 11.1 Å². The van der Waals surface area contributed by atoms with Crippen LogP contribution < -0.4 is 11.0 Å². The molecule has 1 amide bonds. The number of thioether (sulfide) groups is 1. The highest BCUT2D eigenvalue weighted by atomic mass is 32.2. The normalized spacial score (nSPS) is 11.3. The first kappa shape index (κ1) is 17.4. The fourth-order valence-electron chi connectivity index (χ4n) is 2.97. The third kappa shape index (κ3) is 3.48. The second kappa shape index (κ2) is 7.32. The number of fused-ring (bicyclic) bond motifs is 3. The van der Waals surface area contributed by atoms with Crippen molar-refractivity contribution < 1.29 is 9.21 Å². The summed E-state index contributed by atoms with van der Waals surface area (Å²) < 4.78 is 7.34. The van der Waals surface area contributed by atoms with Gasteiger partial charge in [-0.25, -0.2) is 9.89 Å². The zero-order valence-electron chi connectivity index (χ0n) is 14.7. The van der Waals surface area contributed by atoms with Gasteiger partial charge in [-0.1, -0.05) is 36.9 Å². The number of para-hydroxylation sites is 1. The molecule has 0 aliphatic heterocycles. The van der Waals surface area contributed by atoms with Crippen LogP contribution in [0.5, 0.6) is 0 Å². The molecule has 2 heterocycles. The highest BCUT2D eigenvalue weighted by molar-refractivity contribution is 7.99. The summed E-state index contributed by atoms with van der Waals surface area (Å²) >= 11 is 1.23. The van der Waals surface area contributed by atoms with Crippen molar-refractivity contribution in [2.24, 2.45) is 0 Å². The van der Waals surface area contributed by atoms with E-state index in [1.807, 2.05) is 49.4 Å². The van der Waals surface area contributed by atoms with E-state index in [-0.39, 0.29) is 17.3 Å². The maximum atomic E-state index is 12.3. The van der Waals surface area contributed by atoms with Crippen LogP contribution in [0.15, 0.2) is 56.8 Å². The number of aromatic amines is 1. The van der Waals surface area contributed by atoms with Crippen LogP contribution in [0.4, 0.5) is 5.69 Å². The molecule has 0 aliphatic rings. The molecule has 0 saturated carbocycles. The van der Waals surface area contributed by atoms with E-state index in [1.54, 1.807) is 4.57 Å². The number of amides is 1. The molecule has 7 nitrogen and oxygen atoms in total. The van der Waals surface area contributed by atoms with E-state index in [0.717, 1.165) is 28.4 Å². The lowest BCUT2D eigenvalue weighted by molar-refractivity contribution is -0.113. The molecule has 2 aromatic heterocycles. The Bertz CT molecular complexity index is 1170. The third-order valence-electron chi connectivity index (χ3n) is 4.16. The summed E-state index contributed by atoms with van der Waals surface area (Å²) in [7, 11) is 0. The Morgan fingerprint density at radius 3 is 2.89 bits per heavy atom. The molecule has 0 bridgehead atoms. The van der Waals surface area contributed by atoms with Crippen molar-refractivity contribution in [2.45, 2.75) is 25.0 Å². The van der Waals surface area contributed by atoms with Gasteiger partial charge >= 0.3 is 5.69 Å². The van der Waals surface area contributed by atoms with Crippen molar-refractivity contribution in [3.63, 3.8) is 0 Å². The number of aromatic nitrogens is 3. The van der Waals surface area contributed by atoms with E-state index >= 15 is 0 Å². The molecule has 138 valence electrons. The summed E-state index contributed by atoms with van der Waals surface area (Å²) in [5, 5.41) is 11.8. The van der Waals surface area contributed by atoms with Gasteiger partial charge in [-0.15, -0.1) is 5.10 Å². The number of nitrogens with one attached hydrogen (secondary N) is 2. The first-order valence-corrected chi connectivity index (χ1v) is 9.63. The Balaban J connectivity index is 1.48. The van der Waals surface area contributed by atoms with Crippen LogP contribution in [0.3, 0.4) is 0 Å². The van der Waals surface area contributed by atoms with Crippen LogP contribution in [0.25, 0.3) is 21.9 Å². The smallest absolute Gasteiger partial charge is 0.343 e. The number of benzene rings is 2. The molecule has 0 saturated heterocycles. The zero-order valence-corrected chi connectivity index (χ0v) is 15.5. The van der Waals surface area contributed by atoms with Crippen molar-refractivity contribution >= 4 is 45.3 Å². The minimum absolute atomic E-state index is 0.161. The second-order valence-corrected chi connectivity index (χ2v) is 7.05. The minimum Gasteiger partial charge on any atom is -0.456 e. The van der Waals surface area contributed by atoms with Crippen molar-refractivity contribution in [3.8, 4) is 0 Å². The van der Waals surface area contributed by atoms with Gasteiger partial charge in [0.05, 0.1) is 5.75 Å². The number of rotatable bonds is 6.